The zero-order chi connectivity index (χ0) is 20.6. The largest absolute Gasteiger partial charge is 0.448 e. The van der Waals surface area contributed by atoms with Crippen molar-refractivity contribution in [2.75, 3.05) is 32.8 Å². The summed E-state index contributed by atoms with van der Waals surface area (Å²) in [6, 6.07) is -0.253. The van der Waals surface area contributed by atoms with E-state index < -0.39 is 11.9 Å². The van der Waals surface area contributed by atoms with Crippen LogP contribution in [0.4, 0.5) is 18.0 Å². The van der Waals surface area contributed by atoms with Crippen molar-refractivity contribution in [1.29, 1.82) is 0 Å². The van der Waals surface area contributed by atoms with Crippen molar-refractivity contribution >= 4 is 11.9 Å². The normalized spacial score (nSPS) is 26.2. The maximum Gasteiger partial charge on any atom is 0.436 e. The fraction of sp³-hybridized carbons (Fsp3) is 0.722. The smallest absolute Gasteiger partial charge is 0.436 e. The Hall–Kier alpha value is -2.30. The number of urea groups is 1. The van der Waals surface area contributed by atoms with Gasteiger partial charge in [0.05, 0.1) is 12.1 Å². The number of carbonyl (C=O) groups excluding carboxylic acids is 2. The van der Waals surface area contributed by atoms with Crippen LogP contribution >= 0.6 is 0 Å². The van der Waals surface area contributed by atoms with E-state index in [1.165, 1.54) is 0 Å². The Bertz CT molecular complexity index is 761. The average molecular weight is 416 g/mol. The number of alkyl halides is 3. The molecule has 4 rings (SSSR count). The van der Waals surface area contributed by atoms with E-state index in [1.54, 1.807) is 9.80 Å². The summed E-state index contributed by atoms with van der Waals surface area (Å²) in [7, 11) is 0. The third-order valence-electron chi connectivity index (χ3n) is 5.79. The number of hydrogen-bond acceptors (Lipinski definition) is 5. The molecule has 3 saturated heterocycles. The molecule has 11 heteroatoms. The number of aromatic nitrogens is 1. The first-order valence-corrected chi connectivity index (χ1v) is 9.76. The summed E-state index contributed by atoms with van der Waals surface area (Å²) in [5, 5.41) is 2.88. The molecular formula is C18H23F3N4O4. The number of piperidine rings is 2. The second kappa shape index (κ2) is 7.85. The quantitative estimate of drug-likeness (QED) is 0.792. The molecule has 0 aromatic carbocycles. The molecule has 0 bridgehead atoms. The van der Waals surface area contributed by atoms with E-state index in [4.69, 9.17) is 9.15 Å². The molecule has 1 aromatic rings. The van der Waals surface area contributed by atoms with Crippen LogP contribution in [0.25, 0.3) is 0 Å². The molecule has 1 aromatic heterocycles. The third-order valence-corrected chi connectivity index (χ3v) is 5.79. The number of nitrogens with one attached hydrogen (secondary N) is 1. The number of amides is 3. The highest BCUT2D eigenvalue weighted by molar-refractivity contribution is 5.79. The highest BCUT2D eigenvalue weighted by Gasteiger charge is 2.38. The lowest BCUT2D eigenvalue weighted by Gasteiger charge is -2.43. The molecule has 160 valence electrons. The molecule has 8 nitrogen and oxygen atoms in total. The second-order valence-electron chi connectivity index (χ2n) is 7.80. The van der Waals surface area contributed by atoms with Gasteiger partial charge < -0.3 is 24.3 Å². The van der Waals surface area contributed by atoms with Crippen molar-refractivity contribution in [2.24, 2.45) is 5.92 Å². The summed E-state index contributed by atoms with van der Waals surface area (Å²) in [6.45, 7) is 2.13. The van der Waals surface area contributed by atoms with Gasteiger partial charge in [0.2, 0.25) is 5.91 Å². The Morgan fingerprint density at radius 2 is 1.93 bits per heavy atom. The van der Waals surface area contributed by atoms with Crippen LogP contribution in [0.15, 0.2) is 10.7 Å². The minimum atomic E-state index is -4.51. The van der Waals surface area contributed by atoms with Crippen molar-refractivity contribution in [3.8, 4) is 0 Å². The van der Waals surface area contributed by atoms with Crippen molar-refractivity contribution in [3.63, 3.8) is 0 Å². The molecule has 0 radical (unpaired) electrons. The highest BCUT2D eigenvalue weighted by Crippen LogP contribution is 2.30. The third kappa shape index (κ3) is 4.49. The molecule has 3 amide bonds. The molecule has 2 atom stereocenters. The van der Waals surface area contributed by atoms with Crippen LogP contribution in [0.2, 0.25) is 0 Å². The minimum Gasteiger partial charge on any atom is -0.448 e. The molecule has 0 unspecified atom stereocenters. The molecule has 0 spiro atoms. The van der Waals surface area contributed by atoms with Crippen LogP contribution in [-0.4, -0.2) is 71.7 Å². The Morgan fingerprint density at radius 1 is 1.21 bits per heavy atom. The van der Waals surface area contributed by atoms with Crippen LogP contribution in [-0.2, 0) is 22.1 Å². The molecular weight excluding hydrogens is 393 g/mol. The van der Waals surface area contributed by atoms with E-state index in [2.05, 4.69) is 10.3 Å². The van der Waals surface area contributed by atoms with Gasteiger partial charge in [-0.15, -0.1) is 0 Å². The molecule has 0 saturated carbocycles. The fourth-order valence-electron chi connectivity index (χ4n) is 4.18. The number of fused-ring (bicyclic) bond motifs is 1. The van der Waals surface area contributed by atoms with E-state index in [9.17, 15) is 22.8 Å². The Labute approximate surface area is 165 Å². The van der Waals surface area contributed by atoms with E-state index in [0.29, 0.717) is 58.1 Å². The van der Waals surface area contributed by atoms with Crippen LogP contribution in [0.1, 0.15) is 30.8 Å². The van der Waals surface area contributed by atoms with E-state index in [-0.39, 0.29) is 42.5 Å². The first-order chi connectivity index (χ1) is 13.8. The van der Waals surface area contributed by atoms with E-state index in [0.717, 1.165) is 0 Å². The van der Waals surface area contributed by atoms with E-state index >= 15 is 0 Å². The predicted molar refractivity (Wildman–Crippen MR) is 92.8 cm³/mol. The van der Waals surface area contributed by atoms with Crippen molar-refractivity contribution in [3.05, 3.63) is 17.8 Å². The number of hydrogen-bond donors (Lipinski definition) is 1. The molecule has 29 heavy (non-hydrogen) atoms. The van der Waals surface area contributed by atoms with Crippen LogP contribution in [0.3, 0.4) is 0 Å². The van der Waals surface area contributed by atoms with Gasteiger partial charge in [0, 0.05) is 32.6 Å². The molecule has 3 aliphatic heterocycles. The first kappa shape index (κ1) is 20.0. The monoisotopic (exact) mass is 416 g/mol. The summed E-state index contributed by atoms with van der Waals surface area (Å²) < 4.78 is 48.3. The lowest BCUT2D eigenvalue weighted by Crippen LogP contribution is -2.62. The molecule has 1 N–H and O–H groups in total. The molecule has 3 aliphatic rings. The summed E-state index contributed by atoms with van der Waals surface area (Å²) >= 11 is 0. The highest BCUT2D eigenvalue weighted by atomic mass is 19.4. The number of nitrogens with zero attached hydrogens (tertiary/aromatic N) is 3. The number of halogens is 3. The number of morpholine rings is 1. The van der Waals surface area contributed by atoms with Crippen molar-refractivity contribution < 1.29 is 31.9 Å². The van der Waals surface area contributed by atoms with Gasteiger partial charge in [-0.3, -0.25) is 4.79 Å². The number of rotatable bonds is 2. The van der Waals surface area contributed by atoms with Gasteiger partial charge in [-0.2, -0.15) is 13.2 Å². The van der Waals surface area contributed by atoms with Crippen LogP contribution in [0, 0.1) is 5.92 Å². The Morgan fingerprint density at radius 3 is 2.62 bits per heavy atom. The summed E-state index contributed by atoms with van der Waals surface area (Å²) in [5.74, 6) is 0.0364. The maximum atomic E-state index is 12.8. The summed E-state index contributed by atoms with van der Waals surface area (Å²) in [5.41, 5.74) is -1.01. The zero-order valence-corrected chi connectivity index (χ0v) is 15.8. The fourth-order valence-corrected chi connectivity index (χ4v) is 4.18. The van der Waals surface area contributed by atoms with Gasteiger partial charge in [0.15, 0.2) is 11.6 Å². The zero-order valence-electron chi connectivity index (χ0n) is 15.8. The topological polar surface area (TPSA) is 87.9 Å². The Kier molecular flexibility index (Phi) is 5.41. The maximum absolute atomic E-state index is 12.8. The SMILES string of the molecule is O=C1CO[C@@H]2CCN(C(=O)N3CCC(Cc4nc(C(F)(F)F)co4)CC3)C[C@@H]2N1. The van der Waals surface area contributed by atoms with Crippen molar-refractivity contribution in [1.82, 2.24) is 20.1 Å². The average Bonchev–Trinajstić information content (AvgIpc) is 3.16. The molecule has 0 aliphatic carbocycles. The molecule has 4 heterocycles. The number of carbonyl (C=O) groups is 2. The lowest BCUT2D eigenvalue weighted by atomic mass is 9.93. The van der Waals surface area contributed by atoms with Crippen LogP contribution < -0.4 is 5.32 Å². The summed E-state index contributed by atoms with van der Waals surface area (Å²) in [6.07, 6.45) is -1.55. The number of ether oxygens (including phenoxy) is 1. The Balaban J connectivity index is 1.26. The van der Waals surface area contributed by atoms with Crippen LogP contribution in [0.5, 0.6) is 0 Å². The van der Waals surface area contributed by atoms with E-state index in [1.807, 2.05) is 0 Å². The standard InChI is InChI=1S/C18H23F3N4O4/c19-18(20,21)14-9-29-16(23-14)7-11-1-4-24(5-2-11)17(27)25-6-3-13-12(8-25)22-15(26)10-28-13/h9,11-13H,1-8,10H2,(H,22,26)/t12-,13+/m0/s1. The number of likely N-dealkylation sites (tertiary alicyclic amines) is 2. The molecule has 3 fully saturated rings. The number of oxazole rings is 1. The van der Waals surface area contributed by atoms with Crippen molar-refractivity contribution in [2.45, 2.75) is 44.0 Å². The first-order valence-electron chi connectivity index (χ1n) is 9.76. The second-order valence-corrected chi connectivity index (χ2v) is 7.80. The summed E-state index contributed by atoms with van der Waals surface area (Å²) in [4.78, 5) is 31.4. The lowest BCUT2D eigenvalue weighted by molar-refractivity contribution is -0.141. The van der Waals surface area contributed by atoms with Gasteiger partial charge >= 0.3 is 12.2 Å². The van der Waals surface area contributed by atoms with Gasteiger partial charge in [0.1, 0.15) is 12.9 Å². The minimum absolute atomic E-state index is 0.0510. The van der Waals surface area contributed by atoms with Gasteiger partial charge in [-0.05, 0) is 25.2 Å². The van der Waals surface area contributed by atoms with Gasteiger partial charge in [-0.25, -0.2) is 9.78 Å². The van der Waals surface area contributed by atoms with Gasteiger partial charge in [-0.1, -0.05) is 0 Å². The van der Waals surface area contributed by atoms with Gasteiger partial charge in [0.25, 0.3) is 0 Å². The predicted octanol–water partition coefficient (Wildman–Crippen LogP) is 1.66.